The number of aromatic nitrogens is 6. The van der Waals surface area contributed by atoms with Crippen molar-refractivity contribution in [3.63, 3.8) is 0 Å². The average Bonchev–Trinajstić information content (AvgIpc) is 4.23. The molecule has 6 nitrogen and oxygen atoms in total. The van der Waals surface area contributed by atoms with E-state index in [0.29, 0.717) is 11.9 Å². The van der Waals surface area contributed by atoms with Crippen LogP contribution in [0.15, 0.2) is 243 Å². The van der Waals surface area contributed by atoms with Crippen molar-refractivity contribution in [3.8, 4) is 56.0 Å². The van der Waals surface area contributed by atoms with Crippen LogP contribution in [0.25, 0.3) is 153 Å². The van der Waals surface area contributed by atoms with Gasteiger partial charge < -0.3 is 0 Å². The standard InChI is InChI=1S/C68H40N6S/c1-4-18-43(19-5-1)60-40-48-28-33-55-63(66(48)75-60)65(45-22-8-3-9-23-45)72-68(70-55)74-57-35-32-47(39-53(57)62-50-25-13-11-17-42(50)30-37-59(62)74)46-31-34-56-52(38-46)61-49-24-12-10-16-41(49)29-36-58(61)73(56)67-69-54-27-15-14-26-51(54)64(71-67)44-20-6-2-7-21-44/h1-40H. The van der Waals surface area contributed by atoms with Crippen LogP contribution in [-0.2, 0) is 0 Å². The third kappa shape index (κ3) is 6.45. The summed E-state index contributed by atoms with van der Waals surface area (Å²) in [5, 5.41) is 12.6. The molecule has 348 valence electrons. The Morgan fingerprint density at radius 3 is 1.35 bits per heavy atom. The van der Waals surface area contributed by atoms with Crippen LogP contribution in [0.5, 0.6) is 0 Å². The lowest BCUT2D eigenvalue weighted by Crippen LogP contribution is -2.03. The quantitative estimate of drug-likeness (QED) is 0.167. The van der Waals surface area contributed by atoms with Gasteiger partial charge in [-0.25, -0.2) is 19.9 Å². The van der Waals surface area contributed by atoms with Crippen LogP contribution < -0.4 is 0 Å². The van der Waals surface area contributed by atoms with Crippen LogP contribution in [0.3, 0.4) is 0 Å². The highest BCUT2D eigenvalue weighted by Crippen LogP contribution is 2.45. The van der Waals surface area contributed by atoms with Gasteiger partial charge in [-0.2, -0.15) is 0 Å². The Labute approximate surface area is 433 Å². The van der Waals surface area contributed by atoms with Gasteiger partial charge in [0.2, 0.25) is 11.9 Å². The smallest absolute Gasteiger partial charge is 0.235 e. The molecule has 0 unspecified atom stereocenters. The van der Waals surface area contributed by atoms with Crippen molar-refractivity contribution < 1.29 is 0 Å². The Morgan fingerprint density at radius 2 is 0.747 bits per heavy atom. The van der Waals surface area contributed by atoms with Crippen LogP contribution in [0, 0.1) is 0 Å². The Bertz CT molecular complexity index is 5000. The van der Waals surface area contributed by atoms with Gasteiger partial charge in [0.05, 0.1) is 44.5 Å². The van der Waals surface area contributed by atoms with E-state index in [9.17, 15) is 0 Å². The summed E-state index contributed by atoms with van der Waals surface area (Å²) in [4.78, 5) is 23.0. The monoisotopic (exact) mass is 972 g/mol. The van der Waals surface area contributed by atoms with Crippen molar-refractivity contribution in [3.05, 3.63) is 243 Å². The Balaban J connectivity index is 0.925. The van der Waals surface area contributed by atoms with E-state index >= 15 is 0 Å². The zero-order chi connectivity index (χ0) is 49.1. The van der Waals surface area contributed by atoms with Crippen LogP contribution in [0.2, 0.25) is 0 Å². The van der Waals surface area contributed by atoms with E-state index in [4.69, 9.17) is 19.9 Å². The summed E-state index contributed by atoms with van der Waals surface area (Å²) >= 11 is 1.81. The molecule has 0 fully saturated rings. The predicted molar refractivity (Wildman–Crippen MR) is 313 cm³/mol. The molecule has 75 heavy (non-hydrogen) atoms. The molecule has 0 saturated carbocycles. The van der Waals surface area contributed by atoms with E-state index in [1.807, 2.05) is 6.07 Å². The van der Waals surface area contributed by atoms with Crippen LogP contribution >= 0.6 is 11.3 Å². The maximum Gasteiger partial charge on any atom is 0.235 e. The zero-order valence-corrected chi connectivity index (χ0v) is 41.0. The van der Waals surface area contributed by atoms with Crippen molar-refractivity contribution in [2.24, 2.45) is 0 Å². The van der Waals surface area contributed by atoms with Gasteiger partial charge in [0.1, 0.15) is 0 Å². The molecule has 0 aliphatic rings. The summed E-state index contributed by atoms with van der Waals surface area (Å²) in [6, 6.07) is 86.7. The van der Waals surface area contributed by atoms with Crippen molar-refractivity contribution in [2.75, 3.05) is 0 Å². The predicted octanol–water partition coefficient (Wildman–Crippen LogP) is 18.0. The number of para-hydroxylation sites is 1. The molecule has 0 N–H and O–H groups in total. The van der Waals surface area contributed by atoms with Crippen LogP contribution in [-0.4, -0.2) is 29.1 Å². The van der Waals surface area contributed by atoms with E-state index in [1.165, 1.54) is 52.8 Å². The maximum absolute atomic E-state index is 5.61. The van der Waals surface area contributed by atoms with Gasteiger partial charge >= 0.3 is 0 Å². The number of hydrogen-bond donors (Lipinski definition) is 0. The molecule has 0 amide bonds. The van der Waals surface area contributed by atoms with Gasteiger partial charge in [0.15, 0.2) is 0 Å². The Morgan fingerprint density at radius 1 is 0.280 bits per heavy atom. The maximum atomic E-state index is 5.61. The minimum absolute atomic E-state index is 0.635. The molecule has 7 heteroatoms. The van der Waals surface area contributed by atoms with Gasteiger partial charge in [0.25, 0.3) is 0 Å². The third-order valence-corrected chi connectivity index (χ3v) is 16.3. The van der Waals surface area contributed by atoms with Crippen molar-refractivity contribution in [1.82, 2.24) is 29.1 Å². The molecular weight excluding hydrogens is 933 g/mol. The molecule has 5 aromatic heterocycles. The van der Waals surface area contributed by atoms with Gasteiger partial charge in [-0.3, -0.25) is 9.13 Å². The highest BCUT2D eigenvalue weighted by molar-refractivity contribution is 7.23. The molecular formula is C68H40N6S. The normalized spacial score (nSPS) is 12.0. The highest BCUT2D eigenvalue weighted by Gasteiger charge is 2.23. The summed E-state index contributed by atoms with van der Waals surface area (Å²) in [7, 11) is 0. The van der Waals surface area contributed by atoms with E-state index in [0.717, 1.165) is 88.3 Å². The first-order valence-electron chi connectivity index (χ1n) is 25.3. The van der Waals surface area contributed by atoms with Gasteiger partial charge in [-0.1, -0.05) is 188 Å². The van der Waals surface area contributed by atoms with E-state index in [1.54, 1.807) is 11.3 Å². The lowest BCUT2D eigenvalue weighted by Gasteiger charge is -2.13. The van der Waals surface area contributed by atoms with E-state index < -0.39 is 0 Å². The van der Waals surface area contributed by atoms with E-state index in [-0.39, 0.29) is 0 Å². The van der Waals surface area contributed by atoms with Gasteiger partial charge in [0, 0.05) is 53.0 Å². The average molecular weight is 973 g/mol. The van der Waals surface area contributed by atoms with Crippen molar-refractivity contribution >= 4 is 108 Å². The number of nitrogens with zero attached hydrogens (tertiary/aromatic N) is 6. The minimum atomic E-state index is 0.635. The molecule has 0 bridgehead atoms. The summed E-state index contributed by atoms with van der Waals surface area (Å²) in [6.45, 7) is 0. The Hall–Kier alpha value is -9.82. The largest absolute Gasteiger partial charge is 0.278 e. The summed E-state index contributed by atoms with van der Waals surface area (Å²) < 4.78 is 5.71. The Kier molecular flexibility index (Phi) is 9.10. The second kappa shape index (κ2) is 16.3. The molecule has 0 aliphatic heterocycles. The SMILES string of the molecule is c1ccc(-c2cc3ccc4nc(-n5c6ccc(-c7ccc8c(c7)c7c9ccccc9ccc7n8-c7nc(-c8ccccc8)c8ccccc8n7)cc6c6c7ccccc7ccc65)nc(-c5ccccc5)c4c3s2)cc1. The summed E-state index contributed by atoms with van der Waals surface area (Å²) in [6.07, 6.45) is 0. The van der Waals surface area contributed by atoms with E-state index in [2.05, 4.69) is 246 Å². The second-order valence-corrected chi connectivity index (χ2v) is 20.4. The first-order valence-corrected chi connectivity index (χ1v) is 26.1. The summed E-state index contributed by atoms with van der Waals surface area (Å²) in [5.74, 6) is 1.27. The number of benzene rings is 11. The van der Waals surface area contributed by atoms with Crippen LogP contribution in [0.1, 0.15) is 0 Å². The van der Waals surface area contributed by atoms with Crippen molar-refractivity contribution in [1.29, 1.82) is 0 Å². The van der Waals surface area contributed by atoms with Crippen molar-refractivity contribution in [2.45, 2.75) is 0 Å². The van der Waals surface area contributed by atoms with Gasteiger partial charge in [-0.15, -0.1) is 11.3 Å². The number of hydrogen-bond acceptors (Lipinski definition) is 5. The third-order valence-electron chi connectivity index (χ3n) is 15.1. The number of thiophene rings is 1. The minimum Gasteiger partial charge on any atom is -0.278 e. The molecule has 0 radical (unpaired) electrons. The zero-order valence-electron chi connectivity index (χ0n) is 40.2. The fourth-order valence-corrected chi connectivity index (χ4v) is 12.9. The molecule has 16 aromatic rings. The fourth-order valence-electron chi connectivity index (χ4n) is 11.7. The lowest BCUT2D eigenvalue weighted by atomic mass is 9.98. The topological polar surface area (TPSA) is 61.4 Å². The molecule has 0 saturated heterocycles. The first kappa shape index (κ1) is 41.8. The molecule has 16 rings (SSSR count). The van der Waals surface area contributed by atoms with Gasteiger partial charge in [-0.05, 0) is 98.2 Å². The molecule has 0 spiro atoms. The number of rotatable bonds is 6. The summed E-state index contributed by atoms with van der Waals surface area (Å²) in [5.41, 5.74) is 13.4. The number of fused-ring (bicyclic) bond motifs is 14. The molecule has 0 aliphatic carbocycles. The second-order valence-electron chi connectivity index (χ2n) is 19.3. The fraction of sp³-hybridized carbons (Fsp3) is 0. The highest BCUT2D eigenvalue weighted by atomic mass is 32.1. The molecule has 11 aromatic carbocycles. The first-order chi connectivity index (χ1) is 37.2. The van der Waals surface area contributed by atoms with Crippen LogP contribution in [0.4, 0.5) is 0 Å². The lowest BCUT2D eigenvalue weighted by molar-refractivity contribution is 1.01. The molecule has 5 heterocycles. The molecule has 0 atom stereocenters.